The van der Waals surface area contributed by atoms with E-state index in [4.69, 9.17) is 23.2 Å². The molecule has 0 saturated carbocycles. The molecule has 0 radical (unpaired) electrons. The fraction of sp³-hybridized carbons (Fsp3) is 0.143. The van der Waals surface area contributed by atoms with Crippen LogP contribution in [-0.4, -0.2) is 0 Å². The minimum atomic E-state index is -0.147. The van der Waals surface area contributed by atoms with Gasteiger partial charge in [-0.05, 0) is 17.7 Å². The summed E-state index contributed by atoms with van der Waals surface area (Å²) in [7, 11) is 0. The van der Waals surface area contributed by atoms with Crippen LogP contribution in [0, 0.1) is 0 Å². The first-order valence-electron chi connectivity index (χ1n) is 2.74. The second-order valence-electron chi connectivity index (χ2n) is 1.86. The van der Waals surface area contributed by atoms with Gasteiger partial charge in [0.1, 0.15) is 4.29 Å². The van der Waals surface area contributed by atoms with Crippen molar-refractivity contribution in [1.82, 2.24) is 0 Å². The van der Waals surface area contributed by atoms with Gasteiger partial charge in [0, 0.05) is 5.02 Å². The van der Waals surface area contributed by atoms with Crippen molar-refractivity contribution >= 4 is 39.1 Å². The van der Waals surface area contributed by atoms with E-state index in [9.17, 15) is 0 Å². The normalized spacial score (nSPS) is 13.1. The molecular formula is C7H5BrCl2. The Hall–Kier alpha value is 0.280. The van der Waals surface area contributed by atoms with Crippen molar-refractivity contribution in [3.05, 3.63) is 34.9 Å². The molecule has 0 bridgehead atoms. The lowest BCUT2D eigenvalue weighted by Gasteiger charge is -1.99. The Morgan fingerprint density at radius 1 is 1.40 bits per heavy atom. The van der Waals surface area contributed by atoms with Crippen LogP contribution >= 0.6 is 39.1 Å². The predicted octanol–water partition coefficient (Wildman–Crippen LogP) is 3.97. The number of alkyl halides is 2. The van der Waals surface area contributed by atoms with Crippen LogP contribution in [0.2, 0.25) is 5.02 Å². The van der Waals surface area contributed by atoms with E-state index in [1.165, 1.54) is 0 Å². The summed E-state index contributed by atoms with van der Waals surface area (Å²) >= 11 is 14.7. The van der Waals surface area contributed by atoms with Gasteiger partial charge in [0.15, 0.2) is 0 Å². The molecule has 54 valence electrons. The average Bonchev–Trinajstić information content (AvgIpc) is 1.88. The summed E-state index contributed by atoms with van der Waals surface area (Å²) in [6, 6.07) is 7.43. The van der Waals surface area contributed by atoms with E-state index >= 15 is 0 Å². The molecule has 1 atom stereocenters. The van der Waals surface area contributed by atoms with Crippen molar-refractivity contribution in [2.24, 2.45) is 0 Å². The summed E-state index contributed by atoms with van der Waals surface area (Å²) in [6.45, 7) is 0. The number of halogens is 3. The van der Waals surface area contributed by atoms with Crippen LogP contribution in [0.5, 0.6) is 0 Å². The van der Waals surface area contributed by atoms with Crippen LogP contribution in [0.3, 0.4) is 0 Å². The Bertz CT molecular complexity index is 223. The quantitative estimate of drug-likeness (QED) is 0.651. The van der Waals surface area contributed by atoms with Crippen molar-refractivity contribution < 1.29 is 0 Å². The van der Waals surface area contributed by atoms with E-state index < -0.39 is 0 Å². The average molecular weight is 240 g/mol. The lowest BCUT2D eigenvalue weighted by atomic mass is 10.2. The van der Waals surface area contributed by atoms with E-state index in [1.807, 2.05) is 24.3 Å². The zero-order valence-electron chi connectivity index (χ0n) is 5.02. The molecule has 0 heterocycles. The summed E-state index contributed by atoms with van der Waals surface area (Å²) in [4.78, 5) is 0. The lowest BCUT2D eigenvalue weighted by Crippen LogP contribution is -1.78. The monoisotopic (exact) mass is 238 g/mol. The van der Waals surface area contributed by atoms with Crippen LogP contribution in [-0.2, 0) is 0 Å². The molecule has 0 aliphatic carbocycles. The zero-order valence-corrected chi connectivity index (χ0v) is 8.12. The fourth-order valence-electron chi connectivity index (χ4n) is 0.642. The maximum Gasteiger partial charge on any atom is 0.114 e. The molecule has 0 aromatic heterocycles. The predicted molar refractivity (Wildman–Crippen MR) is 49.0 cm³/mol. The molecule has 1 aromatic carbocycles. The zero-order chi connectivity index (χ0) is 7.56. The third kappa shape index (κ3) is 2.15. The van der Waals surface area contributed by atoms with E-state index in [1.54, 1.807) is 0 Å². The minimum Gasteiger partial charge on any atom is -0.105 e. The third-order valence-corrected chi connectivity index (χ3v) is 2.12. The molecule has 1 aromatic rings. The van der Waals surface area contributed by atoms with Crippen LogP contribution in [0.25, 0.3) is 0 Å². The molecule has 10 heavy (non-hydrogen) atoms. The van der Waals surface area contributed by atoms with Gasteiger partial charge < -0.3 is 0 Å². The van der Waals surface area contributed by atoms with E-state index in [2.05, 4.69) is 15.9 Å². The van der Waals surface area contributed by atoms with Crippen molar-refractivity contribution in [2.45, 2.75) is 4.29 Å². The smallest absolute Gasteiger partial charge is 0.105 e. The highest BCUT2D eigenvalue weighted by Gasteiger charge is 2.01. The molecule has 3 heteroatoms. The van der Waals surface area contributed by atoms with Gasteiger partial charge in [0.2, 0.25) is 0 Å². The minimum absolute atomic E-state index is 0.147. The third-order valence-electron chi connectivity index (χ3n) is 1.10. The molecule has 0 saturated heterocycles. The van der Waals surface area contributed by atoms with Gasteiger partial charge in [-0.3, -0.25) is 0 Å². The summed E-state index contributed by atoms with van der Waals surface area (Å²) in [5, 5.41) is 0.711. The van der Waals surface area contributed by atoms with Crippen LogP contribution in [0.15, 0.2) is 24.3 Å². The Morgan fingerprint density at radius 3 is 2.50 bits per heavy atom. The van der Waals surface area contributed by atoms with Crippen LogP contribution in [0.4, 0.5) is 0 Å². The largest absolute Gasteiger partial charge is 0.114 e. The Labute approximate surface area is 78.3 Å². The first-order chi connectivity index (χ1) is 4.70. The second-order valence-corrected chi connectivity index (χ2v) is 4.17. The lowest BCUT2D eigenvalue weighted by molar-refractivity contribution is 1.39. The van der Waals surface area contributed by atoms with Crippen molar-refractivity contribution in [2.75, 3.05) is 0 Å². The number of hydrogen-bond donors (Lipinski definition) is 0. The molecule has 0 amide bonds. The summed E-state index contributed by atoms with van der Waals surface area (Å²) < 4.78 is -0.147. The highest BCUT2D eigenvalue weighted by atomic mass is 79.9. The van der Waals surface area contributed by atoms with E-state index in [0.717, 1.165) is 5.56 Å². The molecule has 0 fully saturated rings. The molecule has 0 aliphatic heterocycles. The van der Waals surface area contributed by atoms with Crippen molar-refractivity contribution in [3.8, 4) is 0 Å². The van der Waals surface area contributed by atoms with Crippen LogP contribution < -0.4 is 0 Å². The topological polar surface area (TPSA) is 0 Å². The van der Waals surface area contributed by atoms with Crippen molar-refractivity contribution in [3.63, 3.8) is 0 Å². The van der Waals surface area contributed by atoms with Crippen molar-refractivity contribution in [1.29, 1.82) is 0 Å². The number of hydrogen-bond acceptors (Lipinski definition) is 0. The standard InChI is InChI=1S/C7H5BrCl2/c8-7(10)5-2-1-3-6(9)4-5/h1-4,7H. The SMILES string of the molecule is Clc1cccc(C(Cl)Br)c1. The van der Waals surface area contributed by atoms with Gasteiger partial charge >= 0.3 is 0 Å². The molecular weight excluding hydrogens is 235 g/mol. The number of benzene rings is 1. The maximum absolute atomic E-state index is 5.73. The molecule has 1 rings (SSSR count). The van der Waals surface area contributed by atoms with Gasteiger partial charge in [-0.2, -0.15) is 0 Å². The molecule has 0 aliphatic rings. The first kappa shape index (κ1) is 8.38. The molecule has 0 spiro atoms. The van der Waals surface area contributed by atoms with Gasteiger partial charge in [0.25, 0.3) is 0 Å². The highest BCUT2D eigenvalue weighted by molar-refractivity contribution is 9.09. The van der Waals surface area contributed by atoms with Gasteiger partial charge in [-0.25, -0.2) is 0 Å². The maximum atomic E-state index is 5.73. The second kappa shape index (κ2) is 3.61. The van der Waals surface area contributed by atoms with Gasteiger partial charge in [-0.15, -0.1) is 11.6 Å². The van der Waals surface area contributed by atoms with Gasteiger partial charge in [0.05, 0.1) is 0 Å². The Balaban J connectivity index is 2.96. The number of rotatable bonds is 1. The van der Waals surface area contributed by atoms with E-state index in [-0.39, 0.29) is 4.29 Å². The Morgan fingerprint density at radius 2 is 2.10 bits per heavy atom. The first-order valence-corrected chi connectivity index (χ1v) is 4.47. The Kier molecular flexibility index (Phi) is 3.02. The molecule has 0 nitrogen and oxygen atoms in total. The summed E-state index contributed by atoms with van der Waals surface area (Å²) in [5.41, 5.74) is 0.981. The van der Waals surface area contributed by atoms with Gasteiger partial charge in [-0.1, -0.05) is 39.7 Å². The fourth-order valence-corrected chi connectivity index (χ4v) is 1.26. The van der Waals surface area contributed by atoms with E-state index in [0.29, 0.717) is 5.02 Å². The molecule has 0 N–H and O–H groups in total. The summed E-state index contributed by atoms with van der Waals surface area (Å²) in [5.74, 6) is 0. The summed E-state index contributed by atoms with van der Waals surface area (Å²) in [6.07, 6.45) is 0. The van der Waals surface area contributed by atoms with Crippen LogP contribution in [0.1, 0.15) is 9.85 Å². The highest BCUT2D eigenvalue weighted by Crippen LogP contribution is 2.28. The molecule has 1 unspecified atom stereocenters.